The lowest BCUT2D eigenvalue weighted by molar-refractivity contribution is -0.132. The van der Waals surface area contributed by atoms with Crippen molar-refractivity contribution in [3.05, 3.63) is 69.9 Å². The third-order valence-electron chi connectivity index (χ3n) is 5.83. The largest absolute Gasteiger partial charge is 0.326 e. The number of nitrogens with one attached hydrogen (secondary N) is 1. The summed E-state index contributed by atoms with van der Waals surface area (Å²) in [5, 5.41) is 7.21. The van der Waals surface area contributed by atoms with E-state index in [-0.39, 0.29) is 11.9 Å². The fourth-order valence-corrected chi connectivity index (χ4v) is 5.04. The van der Waals surface area contributed by atoms with Crippen molar-refractivity contribution < 1.29 is 9.59 Å². The monoisotopic (exact) mass is 391 g/mol. The summed E-state index contributed by atoms with van der Waals surface area (Å²) in [5.41, 5.74) is 1.08. The Morgan fingerprint density at radius 3 is 2.79 bits per heavy atom. The standard InChI is InChI=1S/C22H21N3O2S/c1-22(18-7-6-15-4-2-3-5-16(15)12-18)20(26)25(21(27)23-22)14-24-10-8-19-17(13-24)9-11-28-19/h2-7,9,11-12H,8,10,13-14H2,1H3,(H,23,27). The summed E-state index contributed by atoms with van der Waals surface area (Å²) in [6, 6.07) is 15.8. The summed E-state index contributed by atoms with van der Waals surface area (Å²) in [7, 11) is 0. The second-order valence-corrected chi connectivity index (χ2v) is 8.66. The molecule has 3 amide bonds. The Hall–Kier alpha value is -2.70. The van der Waals surface area contributed by atoms with E-state index in [1.807, 2.05) is 42.5 Å². The summed E-state index contributed by atoms with van der Waals surface area (Å²) in [6.45, 7) is 3.76. The number of benzene rings is 2. The van der Waals surface area contributed by atoms with Gasteiger partial charge in [-0.25, -0.2) is 9.69 Å². The molecule has 5 nitrogen and oxygen atoms in total. The molecule has 6 heteroatoms. The number of amides is 3. The molecule has 142 valence electrons. The molecule has 1 N–H and O–H groups in total. The number of carbonyl (C=O) groups excluding carboxylic acids is 2. The van der Waals surface area contributed by atoms with Gasteiger partial charge in [0.15, 0.2) is 0 Å². The fraction of sp³-hybridized carbons (Fsp3) is 0.273. The molecule has 0 bridgehead atoms. The highest BCUT2D eigenvalue weighted by Crippen LogP contribution is 2.32. The zero-order valence-corrected chi connectivity index (χ0v) is 16.5. The first-order valence-corrected chi connectivity index (χ1v) is 10.3. The van der Waals surface area contributed by atoms with E-state index in [4.69, 9.17) is 0 Å². The zero-order valence-electron chi connectivity index (χ0n) is 15.6. The highest BCUT2D eigenvalue weighted by molar-refractivity contribution is 7.10. The van der Waals surface area contributed by atoms with E-state index in [2.05, 4.69) is 21.7 Å². The minimum absolute atomic E-state index is 0.191. The maximum Gasteiger partial charge on any atom is 0.326 e. The van der Waals surface area contributed by atoms with Gasteiger partial charge in [0.05, 0.1) is 6.67 Å². The van der Waals surface area contributed by atoms with E-state index in [0.717, 1.165) is 35.8 Å². The van der Waals surface area contributed by atoms with Crippen LogP contribution in [0.25, 0.3) is 10.8 Å². The number of nitrogens with zero attached hydrogens (tertiary/aromatic N) is 2. The van der Waals surface area contributed by atoms with Crippen molar-refractivity contribution in [1.29, 1.82) is 0 Å². The predicted molar refractivity (Wildman–Crippen MR) is 110 cm³/mol. The number of hydrogen-bond donors (Lipinski definition) is 1. The van der Waals surface area contributed by atoms with Gasteiger partial charge in [0.1, 0.15) is 5.54 Å². The number of imide groups is 1. The molecule has 2 aromatic carbocycles. The Morgan fingerprint density at radius 2 is 1.93 bits per heavy atom. The topological polar surface area (TPSA) is 52.7 Å². The number of thiophene rings is 1. The van der Waals surface area contributed by atoms with Gasteiger partial charge in [-0.1, -0.05) is 36.4 Å². The molecule has 1 atom stereocenters. The lowest BCUT2D eigenvalue weighted by Gasteiger charge is -2.30. The van der Waals surface area contributed by atoms with Gasteiger partial charge >= 0.3 is 6.03 Å². The van der Waals surface area contributed by atoms with Crippen molar-refractivity contribution in [1.82, 2.24) is 15.1 Å². The number of hydrogen-bond acceptors (Lipinski definition) is 4. The van der Waals surface area contributed by atoms with Crippen LogP contribution in [0.15, 0.2) is 53.9 Å². The molecule has 5 rings (SSSR count). The van der Waals surface area contributed by atoms with E-state index in [1.54, 1.807) is 18.3 Å². The van der Waals surface area contributed by atoms with Gasteiger partial charge in [0, 0.05) is 18.0 Å². The van der Waals surface area contributed by atoms with Crippen LogP contribution in [0.5, 0.6) is 0 Å². The molecule has 0 saturated carbocycles. The third-order valence-corrected chi connectivity index (χ3v) is 6.85. The second-order valence-electron chi connectivity index (χ2n) is 7.66. The summed E-state index contributed by atoms with van der Waals surface area (Å²) >= 11 is 1.78. The summed E-state index contributed by atoms with van der Waals surface area (Å²) in [5.74, 6) is -0.191. The summed E-state index contributed by atoms with van der Waals surface area (Å²) in [4.78, 5) is 30.9. The number of urea groups is 1. The highest BCUT2D eigenvalue weighted by atomic mass is 32.1. The molecular formula is C22H21N3O2S. The van der Waals surface area contributed by atoms with Gasteiger partial charge < -0.3 is 5.32 Å². The Bertz CT molecular complexity index is 1090. The van der Waals surface area contributed by atoms with Crippen molar-refractivity contribution in [3.63, 3.8) is 0 Å². The summed E-state index contributed by atoms with van der Waals surface area (Å²) in [6.07, 6.45) is 0.971. The highest BCUT2D eigenvalue weighted by Gasteiger charge is 2.49. The number of carbonyl (C=O) groups is 2. The Morgan fingerprint density at radius 1 is 1.11 bits per heavy atom. The van der Waals surface area contributed by atoms with E-state index >= 15 is 0 Å². The van der Waals surface area contributed by atoms with Crippen molar-refractivity contribution >= 4 is 34.0 Å². The second kappa shape index (κ2) is 6.43. The molecule has 3 heterocycles. The van der Waals surface area contributed by atoms with E-state index in [9.17, 15) is 9.59 Å². The molecule has 1 unspecified atom stereocenters. The maximum absolute atomic E-state index is 13.3. The molecule has 2 aliphatic rings. The van der Waals surface area contributed by atoms with Crippen LogP contribution in [-0.4, -0.2) is 35.0 Å². The predicted octanol–water partition coefficient (Wildman–Crippen LogP) is 3.68. The van der Waals surface area contributed by atoms with Crippen LogP contribution in [-0.2, 0) is 23.3 Å². The van der Waals surface area contributed by atoms with E-state index in [1.165, 1.54) is 15.3 Å². The molecule has 1 fully saturated rings. The van der Waals surface area contributed by atoms with Crippen LogP contribution in [0.3, 0.4) is 0 Å². The first-order valence-electron chi connectivity index (χ1n) is 9.45. The number of rotatable bonds is 3. The number of fused-ring (bicyclic) bond motifs is 2. The Labute approximate surface area is 167 Å². The average molecular weight is 391 g/mol. The van der Waals surface area contributed by atoms with E-state index < -0.39 is 5.54 Å². The van der Waals surface area contributed by atoms with Crippen molar-refractivity contribution in [2.24, 2.45) is 0 Å². The first kappa shape index (κ1) is 17.4. The van der Waals surface area contributed by atoms with Gasteiger partial charge in [0.25, 0.3) is 5.91 Å². The van der Waals surface area contributed by atoms with Gasteiger partial charge in [-0.05, 0) is 52.8 Å². The molecule has 1 saturated heterocycles. The van der Waals surface area contributed by atoms with Gasteiger partial charge in [-0.2, -0.15) is 0 Å². The SMILES string of the molecule is CC1(c2ccc3ccccc3c2)NC(=O)N(CN2CCc3sccc3C2)C1=O. The van der Waals surface area contributed by atoms with Crippen LogP contribution in [0.1, 0.15) is 22.9 Å². The van der Waals surface area contributed by atoms with Gasteiger partial charge in [0.2, 0.25) is 0 Å². The van der Waals surface area contributed by atoms with Crippen molar-refractivity contribution in [2.75, 3.05) is 13.2 Å². The minimum atomic E-state index is -1.04. The van der Waals surface area contributed by atoms with Gasteiger partial charge in [-0.3, -0.25) is 9.69 Å². The molecule has 2 aliphatic heterocycles. The van der Waals surface area contributed by atoms with Crippen LogP contribution in [0, 0.1) is 0 Å². The maximum atomic E-state index is 13.3. The van der Waals surface area contributed by atoms with Crippen molar-refractivity contribution in [2.45, 2.75) is 25.4 Å². The van der Waals surface area contributed by atoms with Crippen LogP contribution < -0.4 is 5.32 Å². The molecule has 0 aliphatic carbocycles. The molecule has 3 aromatic rings. The fourth-order valence-electron chi connectivity index (χ4n) is 4.15. The smallest absolute Gasteiger partial charge is 0.319 e. The normalized spacial score (nSPS) is 22.5. The molecule has 0 spiro atoms. The summed E-state index contributed by atoms with van der Waals surface area (Å²) < 4.78 is 0. The van der Waals surface area contributed by atoms with Gasteiger partial charge in [-0.15, -0.1) is 11.3 Å². The average Bonchev–Trinajstić information content (AvgIpc) is 3.26. The Balaban J connectivity index is 1.40. The molecule has 0 radical (unpaired) electrons. The zero-order chi connectivity index (χ0) is 19.3. The molecule has 28 heavy (non-hydrogen) atoms. The lowest BCUT2D eigenvalue weighted by Crippen LogP contribution is -2.45. The third kappa shape index (κ3) is 2.72. The van der Waals surface area contributed by atoms with Crippen LogP contribution in [0.4, 0.5) is 4.79 Å². The van der Waals surface area contributed by atoms with Crippen molar-refractivity contribution in [3.8, 4) is 0 Å². The van der Waals surface area contributed by atoms with E-state index in [0.29, 0.717) is 6.67 Å². The molecular weight excluding hydrogens is 370 g/mol. The minimum Gasteiger partial charge on any atom is -0.319 e. The lowest BCUT2D eigenvalue weighted by atomic mass is 9.90. The van der Waals surface area contributed by atoms with Crippen LogP contribution in [0.2, 0.25) is 0 Å². The molecule has 1 aromatic heterocycles. The Kier molecular flexibility index (Phi) is 4.00. The quantitative estimate of drug-likeness (QED) is 0.693. The first-order chi connectivity index (χ1) is 13.5. The van der Waals surface area contributed by atoms with Crippen LogP contribution >= 0.6 is 11.3 Å².